The van der Waals surface area contributed by atoms with Crippen LogP contribution < -0.4 is 11.1 Å². The Kier molecular flexibility index (Phi) is 6.33. The Bertz CT molecular complexity index is 143. The standard InChI is InChI=1S/C11H26N2O/c1-9(6-5-7-14)13-10(8-12)11(2,3)4/h9-10,13-14H,5-8,12H2,1-4H3. The van der Waals surface area contributed by atoms with Crippen LogP contribution >= 0.6 is 0 Å². The fourth-order valence-electron chi connectivity index (χ4n) is 1.50. The number of nitrogens with one attached hydrogen (secondary N) is 1. The molecule has 0 aromatic heterocycles. The van der Waals surface area contributed by atoms with E-state index in [1.165, 1.54) is 0 Å². The van der Waals surface area contributed by atoms with Crippen LogP contribution in [0.5, 0.6) is 0 Å². The van der Waals surface area contributed by atoms with E-state index < -0.39 is 0 Å². The highest BCUT2D eigenvalue weighted by Gasteiger charge is 2.23. The maximum Gasteiger partial charge on any atom is 0.0431 e. The SMILES string of the molecule is CC(CCCO)NC(CN)C(C)(C)C. The first kappa shape index (κ1) is 13.9. The Hall–Kier alpha value is -0.120. The molecule has 0 heterocycles. The summed E-state index contributed by atoms with van der Waals surface area (Å²) >= 11 is 0. The Labute approximate surface area is 88.1 Å². The van der Waals surface area contributed by atoms with Gasteiger partial charge in [-0.1, -0.05) is 20.8 Å². The van der Waals surface area contributed by atoms with E-state index in [0.29, 0.717) is 18.6 Å². The van der Waals surface area contributed by atoms with E-state index in [0.717, 1.165) is 12.8 Å². The molecule has 0 aliphatic rings. The normalized spacial score (nSPS) is 16.7. The van der Waals surface area contributed by atoms with E-state index >= 15 is 0 Å². The van der Waals surface area contributed by atoms with Gasteiger partial charge in [0.05, 0.1) is 0 Å². The molecule has 3 nitrogen and oxygen atoms in total. The summed E-state index contributed by atoms with van der Waals surface area (Å²) in [6.07, 6.45) is 1.86. The van der Waals surface area contributed by atoms with Crippen LogP contribution in [0, 0.1) is 5.41 Å². The zero-order valence-corrected chi connectivity index (χ0v) is 10.0. The summed E-state index contributed by atoms with van der Waals surface area (Å²) in [4.78, 5) is 0. The molecule has 0 saturated carbocycles. The zero-order chi connectivity index (χ0) is 11.2. The highest BCUT2D eigenvalue weighted by atomic mass is 16.2. The largest absolute Gasteiger partial charge is 0.396 e. The molecule has 0 spiro atoms. The Morgan fingerprint density at radius 1 is 1.36 bits per heavy atom. The van der Waals surface area contributed by atoms with Crippen molar-refractivity contribution in [1.82, 2.24) is 5.32 Å². The van der Waals surface area contributed by atoms with Gasteiger partial charge in [0.15, 0.2) is 0 Å². The predicted molar refractivity (Wildman–Crippen MR) is 61.2 cm³/mol. The zero-order valence-electron chi connectivity index (χ0n) is 10.0. The molecule has 0 aliphatic heterocycles. The van der Waals surface area contributed by atoms with Gasteiger partial charge in [0.1, 0.15) is 0 Å². The lowest BCUT2D eigenvalue weighted by molar-refractivity contribution is 0.236. The van der Waals surface area contributed by atoms with Crippen LogP contribution in [0.3, 0.4) is 0 Å². The summed E-state index contributed by atoms with van der Waals surface area (Å²) in [5.74, 6) is 0. The lowest BCUT2D eigenvalue weighted by Crippen LogP contribution is -2.49. The molecule has 4 N–H and O–H groups in total. The molecule has 0 bridgehead atoms. The highest BCUT2D eigenvalue weighted by molar-refractivity contribution is 4.83. The molecule has 3 heteroatoms. The first-order chi connectivity index (χ1) is 6.41. The number of aliphatic hydroxyl groups is 1. The van der Waals surface area contributed by atoms with Gasteiger partial charge in [-0.2, -0.15) is 0 Å². The molecule has 0 aliphatic carbocycles. The van der Waals surface area contributed by atoms with E-state index in [4.69, 9.17) is 10.8 Å². The summed E-state index contributed by atoms with van der Waals surface area (Å²) in [6, 6.07) is 0.770. The molecule has 2 unspecified atom stereocenters. The van der Waals surface area contributed by atoms with E-state index in [-0.39, 0.29) is 12.0 Å². The summed E-state index contributed by atoms with van der Waals surface area (Å²) in [7, 11) is 0. The van der Waals surface area contributed by atoms with Gasteiger partial charge in [-0.3, -0.25) is 0 Å². The van der Waals surface area contributed by atoms with Crippen molar-refractivity contribution in [2.75, 3.05) is 13.2 Å². The van der Waals surface area contributed by atoms with Crippen LogP contribution in [0.4, 0.5) is 0 Å². The molecule has 0 aromatic carbocycles. The monoisotopic (exact) mass is 202 g/mol. The van der Waals surface area contributed by atoms with Crippen LogP contribution in [0.15, 0.2) is 0 Å². The third-order valence-electron chi connectivity index (χ3n) is 2.56. The highest BCUT2D eigenvalue weighted by Crippen LogP contribution is 2.19. The van der Waals surface area contributed by atoms with Crippen LogP contribution in [0.25, 0.3) is 0 Å². The summed E-state index contributed by atoms with van der Waals surface area (Å²) < 4.78 is 0. The van der Waals surface area contributed by atoms with Crippen molar-refractivity contribution in [1.29, 1.82) is 0 Å². The van der Waals surface area contributed by atoms with Crippen LogP contribution in [0.1, 0.15) is 40.5 Å². The minimum atomic E-state index is 0.197. The van der Waals surface area contributed by atoms with Gasteiger partial charge in [0.2, 0.25) is 0 Å². The molecular weight excluding hydrogens is 176 g/mol. The number of hydrogen-bond donors (Lipinski definition) is 3. The van der Waals surface area contributed by atoms with Crippen molar-refractivity contribution in [3.63, 3.8) is 0 Å². The minimum Gasteiger partial charge on any atom is -0.396 e. The topological polar surface area (TPSA) is 58.3 Å². The van der Waals surface area contributed by atoms with Gasteiger partial charge in [0.25, 0.3) is 0 Å². The maximum absolute atomic E-state index is 8.71. The molecule has 0 saturated heterocycles. The first-order valence-corrected chi connectivity index (χ1v) is 5.48. The quantitative estimate of drug-likeness (QED) is 0.605. The lowest BCUT2D eigenvalue weighted by Gasteiger charge is -2.33. The molecule has 14 heavy (non-hydrogen) atoms. The van der Waals surface area contributed by atoms with Crippen molar-refractivity contribution in [3.05, 3.63) is 0 Å². The second kappa shape index (κ2) is 6.38. The van der Waals surface area contributed by atoms with Gasteiger partial charge in [-0.15, -0.1) is 0 Å². The summed E-state index contributed by atoms with van der Waals surface area (Å²) in [5.41, 5.74) is 5.92. The molecule has 0 fully saturated rings. The second-order valence-electron chi connectivity index (χ2n) is 5.09. The minimum absolute atomic E-state index is 0.197. The van der Waals surface area contributed by atoms with Crippen LogP contribution in [-0.2, 0) is 0 Å². The molecule has 2 atom stereocenters. The van der Waals surface area contributed by atoms with Crippen LogP contribution in [0.2, 0.25) is 0 Å². The van der Waals surface area contributed by atoms with Gasteiger partial charge in [0, 0.05) is 25.2 Å². The van der Waals surface area contributed by atoms with Crippen LogP contribution in [-0.4, -0.2) is 30.3 Å². The van der Waals surface area contributed by atoms with E-state index in [9.17, 15) is 0 Å². The Balaban J connectivity index is 3.93. The van der Waals surface area contributed by atoms with Gasteiger partial charge in [-0.05, 0) is 25.2 Å². The van der Waals surface area contributed by atoms with Gasteiger partial charge in [-0.25, -0.2) is 0 Å². The van der Waals surface area contributed by atoms with E-state index in [1.807, 2.05) is 0 Å². The van der Waals surface area contributed by atoms with Crippen molar-refractivity contribution in [3.8, 4) is 0 Å². The van der Waals surface area contributed by atoms with E-state index in [2.05, 4.69) is 33.0 Å². The predicted octanol–water partition coefficient (Wildman–Crippen LogP) is 1.11. The molecule has 0 radical (unpaired) electrons. The smallest absolute Gasteiger partial charge is 0.0431 e. The first-order valence-electron chi connectivity index (χ1n) is 5.48. The Morgan fingerprint density at radius 3 is 2.29 bits per heavy atom. The summed E-state index contributed by atoms with van der Waals surface area (Å²) in [6.45, 7) is 9.65. The third kappa shape index (κ3) is 5.58. The molecule has 0 rings (SSSR count). The lowest BCUT2D eigenvalue weighted by atomic mass is 9.86. The molecule has 86 valence electrons. The summed E-state index contributed by atoms with van der Waals surface area (Å²) in [5, 5.41) is 12.2. The van der Waals surface area contributed by atoms with E-state index in [1.54, 1.807) is 0 Å². The van der Waals surface area contributed by atoms with Crippen molar-refractivity contribution in [2.24, 2.45) is 11.1 Å². The number of rotatable bonds is 6. The fraction of sp³-hybridized carbons (Fsp3) is 1.00. The third-order valence-corrected chi connectivity index (χ3v) is 2.56. The fourth-order valence-corrected chi connectivity index (χ4v) is 1.50. The second-order valence-corrected chi connectivity index (χ2v) is 5.09. The Morgan fingerprint density at radius 2 is 1.93 bits per heavy atom. The molecule has 0 aromatic rings. The average Bonchev–Trinajstić information content (AvgIpc) is 2.08. The maximum atomic E-state index is 8.71. The van der Waals surface area contributed by atoms with Crippen molar-refractivity contribution < 1.29 is 5.11 Å². The molecular formula is C11H26N2O. The van der Waals surface area contributed by atoms with Gasteiger partial charge < -0.3 is 16.2 Å². The van der Waals surface area contributed by atoms with Crippen molar-refractivity contribution in [2.45, 2.75) is 52.6 Å². The van der Waals surface area contributed by atoms with Gasteiger partial charge >= 0.3 is 0 Å². The average molecular weight is 202 g/mol. The number of nitrogens with two attached hydrogens (primary N) is 1. The van der Waals surface area contributed by atoms with Crippen molar-refractivity contribution >= 4 is 0 Å². The number of hydrogen-bond acceptors (Lipinski definition) is 3. The number of aliphatic hydroxyl groups excluding tert-OH is 1. The molecule has 0 amide bonds.